The number of halogens is 3. The van der Waals surface area contributed by atoms with E-state index in [9.17, 15) is 8.78 Å². The molecule has 0 aliphatic rings. The Bertz CT molecular complexity index is 324. The molecule has 1 aromatic carbocycles. The van der Waals surface area contributed by atoms with Gasteiger partial charge in [-0.25, -0.2) is 0 Å². The van der Waals surface area contributed by atoms with Crippen LogP contribution in [0.3, 0.4) is 0 Å². The molecule has 0 radical (unpaired) electrons. The fraction of sp³-hybridized carbons (Fsp3) is 0.400. The zero-order chi connectivity index (χ0) is 11.3. The van der Waals surface area contributed by atoms with E-state index in [0.29, 0.717) is 18.7 Å². The first-order valence-corrected chi connectivity index (χ1v) is 4.49. The van der Waals surface area contributed by atoms with E-state index < -0.39 is 6.61 Å². The van der Waals surface area contributed by atoms with Gasteiger partial charge in [-0.15, -0.1) is 12.4 Å². The molecule has 0 atom stereocenters. The van der Waals surface area contributed by atoms with Crippen LogP contribution < -0.4 is 15.2 Å². The third-order valence-corrected chi connectivity index (χ3v) is 1.88. The molecule has 6 heteroatoms. The van der Waals surface area contributed by atoms with E-state index in [1.54, 1.807) is 12.1 Å². The summed E-state index contributed by atoms with van der Waals surface area (Å²) in [6.07, 6.45) is 0.672. The molecule has 0 saturated carbocycles. The minimum Gasteiger partial charge on any atom is -0.493 e. The van der Waals surface area contributed by atoms with Crippen LogP contribution in [0.5, 0.6) is 11.5 Å². The number of alkyl halides is 2. The first-order chi connectivity index (χ1) is 7.17. The first kappa shape index (κ1) is 14.9. The van der Waals surface area contributed by atoms with Crippen molar-refractivity contribution in [3.63, 3.8) is 0 Å². The molecule has 1 rings (SSSR count). The van der Waals surface area contributed by atoms with Gasteiger partial charge in [-0.2, -0.15) is 8.78 Å². The second-order valence-corrected chi connectivity index (χ2v) is 2.90. The maximum atomic E-state index is 12.0. The van der Waals surface area contributed by atoms with E-state index in [1.165, 1.54) is 13.2 Å². The van der Waals surface area contributed by atoms with Gasteiger partial charge in [-0.05, 0) is 30.7 Å². The largest absolute Gasteiger partial charge is 0.493 e. The third-order valence-electron chi connectivity index (χ3n) is 1.88. The standard InChI is InChI=1S/C10H13F2NO2.ClH/c1-14-9-6-7(4-5-13)2-3-8(9)15-10(11)12;/h2-3,6,10H,4-5,13H2,1H3;1H. The van der Waals surface area contributed by atoms with Crippen LogP contribution in [0, 0.1) is 0 Å². The van der Waals surface area contributed by atoms with Gasteiger partial charge in [0.2, 0.25) is 0 Å². The van der Waals surface area contributed by atoms with E-state index in [4.69, 9.17) is 10.5 Å². The van der Waals surface area contributed by atoms with Gasteiger partial charge in [0, 0.05) is 0 Å². The number of methoxy groups -OCH3 is 1. The zero-order valence-corrected chi connectivity index (χ0v) is 9.60. The topological polar surface area (TPSA) is 44.5 Å². The van der Waals surface area contributed by atoms with E-state index >= 15 is 0 Å². The van der Waals surface area contributed by atoms with Crippen LogP contribution in [0.1, 0.15) is 5.56 Å². The fourth-order valence-corrected chi connectivity index (χ4v) is 1.23. The summed E-state index contributed by atoms with van der Waals surface area (Å²) in [5.74, 6) is 0.328. The second kappa shape index (κ2) is 7.24. The smallest absolute Gasteiger partial charge is 0.387 e. The molecular formula is C10H14ClF2NO2. The van der Waals surface area contributed by atoms with E-state index in [-0.39, 0.29) is 18.2 Å². The van der Waals surface area contributed by atoms with Gasteiger partial charge >= 0.3 is 6.61 Å². The lowest BCUT2D eigenvalue weighted by Crippen LogP contribution is -2.05. The maximum absolute atomic E-state index is 12.0. The van der Waals surface area contributed by atoms with Crippen molar-refractivity contribution in [1.29, 1.82) is 0 Å². The summed E-state index contributed by atoms with van der Waals surface area (Å²) in [5, 5.41) is 0. The number of benzene rings is 1. The van der Waals surface area contributed by atoms with Crippen molar-refractivity contribution < 1.29 is 18.3 Å². The van der Waals surface area contributed by atoms with E-state index in [0.717, 1.165) is 5.56 Å². The van der Waals surface area contributed by atoms with Crippen molar-refractivity contribution in [1.82, 2.24) is 0 Å². The second-order valence-electron chi connectivity index (χ2n) is 2.90. The summed E-state index contributed by atoms with van der Waals surface area (Å²) >= 11 is 0. The highest BCUT2D eigenvalue weighted by molar-refractivity contribution is 5.85. The van der Waals surface area contributed by atoms with Gasteiger partial charge in [0.25, 0.3) is 0 Å². The summed E-state index contributed by atoms with van der Waals surface area (Å²) in [4.78, 5) is 0. The van der Waals surface area contributed by atoms with Gasteiger partial charge in [-0.3, -0.25) is 0 Å². The van der Waals surface area contributed by atoms with Crippen LogP contribution in [-0.2, 0) is 6.42 Å². The van der Waals surface area contributed by atoms with Crippen LogP contribution in [0.2, 0.25) is 0 Å². The van der Waals surface area contributed by atoms with Crippen LogP contribution in [0.25, 0.3) is 0 Å². The van der Waals surface area contributed by atoms with Gasteiger partial charge in [-0.1, -0.05) is 6.07 Å². The molecule has 0 aliphatic heterocycles. The van der Waals surface area contributed by atoms with Crippen molar-refractivity contribution in [2.24, 2.45) is 5.73 Å². The van der Waals surface area contributed by atoms with E-state index in [1.807, 2.05) is 0 Å². The van der Waals surface area contributed by atoms with Gasteiger partial charge < -0.3 is 15.2 Å². The Balaban J connectivity index is 0.00000225. The summed E-state index contributed by atoms with van der Waals surface area (Å²) in [6.45, 7) is -2.35. The molecule has 92 valence electrons. The molecule has 0 bridgehead atoms. The lowest BCUT2D eigenvalue weighted by molar-refractivity contribution is -0.0512. The molecule has 0 saturated heterocycles. The average Bonchev–Trinajstić information content (AvgIpc) is 2.20. The number of ether oxygens (including phenoxy) is 2. The molecule has 0 heterocycles. The predicted molar refractivity (Wildman–Crippen MR) is 59.6 cm³/mol. The van der Waals surface area contributed by atoms with Crippen molar-refractivity contribution in [3.8, 4) is 11.5 Å². The van der Waals surface area contributed by atoms with Gasteiger partial charge in [0.05, 0.1) is 7.11 Å². The predicted octanol–water partition coefficient (Wildman–Crippen LogP) is 2.22. The highest BCUT2D eigenvalue weighted by Gasteiger charge is 2.10. The van der Waals surface area contributed by atoms with Gasteiger partial charge in [0.15, 0.2) is 11.5 Å². The minimum absolute atomic E-state index is 0. The van der Waals surface area contributed by atoms with Crippen LogP contribution in [0.15, 0.2) is 18.2 Å². The molecule has 0 fully saturated rings. The number of nitrogens with two attached hydrogens (primary N) is 1. The Morgan fingerprint density at radius 2 is 2.00 bits per heavy atom. The third kappa shape index (κ3) is 4.20. The average molecular weight is 254 g/mol. The quantitative estimate of drug-likeness (QED) is 0.875. The number of rotatable bonds is 5. The minimum atomic E-state index is -2.85. The van der Waals surface area contributed by atoms with Crippen LogP contribution >= 0.6 is 12.4 Å². The molecule has 0 unspecified atom stereocenters. The Labute approximate surface area is 98.9 Å². The highest BCUT2D eigenvalue weighted by atomic mass is 35.5. The molecule has 2 N–H and O–H groups in total. The first-order valence-electron chi connectivity index (χ1n) is 4.49. The summed E-state index contributed by atoms with van der Waals surface area (Å²) in [6, 6.07) is 4.79. The van der Waals surface area contributed by atoms with Crippen molar-refractivity contribution in [2.45, 2.75) is 13.0 Å². The molecule has 0 amide bonds. The van der Waals surface area contributed by atoms with Crippen LogP contribution in [-0.4, -0.2) is 20.3 Å². The fourth-order valence-electron chi connectivity index (χ4n) is 1.23. The molecule has 0 spiro atoms. The van der Waals surface area contributed by atoms with Crippen LogP contribution in [0.4, 0.5) is 8.78 Å². The zero-order valence-electron chi connectivity index (χ0n) is 8.78. The molecular weight excluding hydrogens is 240 g/mol. The highest BCUT2D eigenvalue weighted by Crippen LogP contribution is 2.29. The molecule has 0 aromatic heterocycles. The molecule has 3 nitrogen and oxygen atoms in total. The summed E-state index contributed by atoms with van der Waals surface area (Å²) in [7, 11) is 1.40. The molecule has 0 aliphatic carbocycles. The monoisotopic (exact) mass is 253 g/mol. The Morgan fingerprint density at radius 3 is 2.50 bits per heavy atom. The number of hydrogen-bond acceptors (Lipinski definition) is 3. The number of hydrogen-bond donors (Lipinski definition) is 1. The SMILES string of the molecule is COc1cc(CCN)ccc1OC(F)F.Cl. The van der Waals surface area contributed by atoms with Gasteiger partial charge in [0.1, 0.15) is 0 Å². The normalized spacial score (nSPS) is 9.81. The maximum Gasteiger partial charge on any atom is 0.387 e. The Kier molecular flexibility index (Phi) is 6.76. The summed E-state index contributed by atoms with van der Waals surface area (Å²) in [5.41, 5.74) is 6.31. The van der Waals surface area contributed by atoms with E-state index in [2.05, 4.69) is 4.74 Å². The van der Waals surface area contributed by atoms with Crippen molar-refractivity contribution in [2.75, 3.05) is 13.7 Å². The Hall–Kier alpha value is -1.07. The Morgan fingerprint density at radius 1 is 1.31 bits per heavy atom. The lowest BCUT2D eigenvalue weighted by atomic mass is 10.1. The van der Waals surface area contributed by atoms with Crippen molar-refractivity contribution >= 4 is 12.4 Å². The molecule has 16 heavy (non-hydrogen) atoms. The molecule has 1 aromatic rings. The van der Waals surface area contributed by atoms with Crippen molar-refractivity contribution in [3.05, 3.63) is 23.8 Å². The lowest BCUT2D eigenvalue weighted by Gasteiger charge is -2.10. The summed E-state index contributed by atoms with van der Waals surface area (Å²) < 4.78 is 33.2.